The van der Waals surface area contributed by atoms with Crippen LogP contribution in [0, 0.1) is 12.7 Å². The molecule has 0 radical (unpaired) electrons. The lowest BCUT2D eigenvalue weighted by molar-refractivity contribution is 0.102. The molecule has 5 nitrogen and oxygen atoms in total. The first-order chi connectivity index (χ1) is 12.1. The van der Waals surface area contributed by atoms with E-state index in [9.17, 15) is 9.18 Å². The maximum absolute atomic E-state index is 13.4. The van der Waals surface area contributed by atoms with Crippen LogP contribution in [0.5, 0.6) is 5.75 Å². The highest BCUT2D eigenvalue weighted by Gasteiger charge is 2.15. The van der Waals surface area contributed by atoms with Crippen LogP contribution in [0.25, 0.3) is 11.5 Å². The fraction of sp³-hybridized carbons (Fsp3) is 0.158. The first kappa shape index (κ1) is 16.7. The first-order valence-electron chi connectivity index (χ1n) is 7.83. The largest absolute Gasteiger partial charge is 0.492 e. The summed E-state index contributed by atoms with van der Waals surface area (Å²) < 4.78 is 24.0. The summed E-state index contributed by atoms with van der Waals surface area (Å²) in [5.41, 5.74) is 2.03. The number of hydrogen-bond donors (Lipinski definition) is 1. The summed E-state index contributed by atoms with van der Waals surface area (Å²) in [5, 5.41) is 2.74. The number of nitrogens with zero attached hydrogens (tertiary/aromatic N) is 1. The highest BCUT2D eigenvalue weighted by molar-refractivity contribution is 6.05. The lowest BCUT2D eigenvalue weighted by Crippen LogP contribution is -2.15. The van der Waals surface area contributed by atoms with Gasteiger partial charge in [-0.2, -0.15) is 0 Å². The van der Waals surface area contributed by atoms with Crippen LogP contribution in [0.1, 0.15) is 23.0 Å². The quantitative estimate of drug-likeness (QED) is 0.746. The van der Waals surface area contributed by atoms with Crippen molar-refractivity contribution < 1.29 is 18.3 Å². The number of carbonyl (C=O) groups is 1. The molecular weight excluding hydrogens is 323 g/mol. The standard InChI is InChI=1S/C19H17FN2O3/c1-3-24-18-11-13(20)6-8-16(18)22-19(23)14-7-9-15(21-12(14)2)17-5-4-10-25-17/h4-11H,3H2,1-2H3,(H,22,23). The van der Waals surface area contributed by atoms with Gasteiger partial charge in [-0.3, -0.25) is 4.79 Å². The van der Waals surface area contributed by atoms with Gasteiger partial charge in [0.05, 0.1) is 29.8 Å². The Morgan fingerprint density at radius 3 is 2.80 bits per heavy atom. The topological polar surface area (TPSA) is 64.4 Å². The van der Waals surface area contributed by atoms with Crippen molar-refractivity contribution in [1.82, 2.24) is 4.98 Å². The Balaban J connectivity index is 1.84. The van der Waals surface area contributed by atoms with Crippen LogP contribution in [0.15, 0.2) is 53.1 Å². The molecule has 0 aliphatic rings. The molecule has 128 valence electrons. The number of halogens is 1. The number of ether oxygens (including phenoxy) is 1. The molecule has 0 aliphatic carbocycles. The van der Waals surface area contributed by atoms with E-state index >= 15 is 0 Å². The third-order valence-corrected chi connectivity index (χ3v) is 3.60. The van der Waals surface area contributed by atoms with E-state index in [0.717, 1.165) is 0 Å². The third-order valence-electron chi connectivity index (χ3n) is 3.60. The van der Waals surface area contributed by atoms with Gasteiger partial charge in [0.15, 0.2) is 5.76 Å². The lowest BCUT2D eigenvalue weighted by atomic mass is 10.1. The van der Waals surface area contributed by atoms with Crippen molar-refractivity contribution in [2.75, 3.05) is 11.9 Å². The summed E-state index contributed by atoms with van der Waals surface area (Å²) in [6.07, 6.45) is 1.57. The van der Waals surface area contributed by atoms with Crippen molar-refractivity contribution >= 4 is 11.6 Å². The minimum Gasteiger partial charge on any atom is -0.492 e. The summed E-state index contributed by atoms with van der Waals surface area (Å²) in [6, 6.07) is 10.9. The molecule has 2 heterocycles. The lowest BCUT2D eigenvalue weighted by Gasteiger charge is -2.12. The minimum absolute atomic E-state index is 0.286. The summed E-state index contributed by atoms with van der Waals surface area (Å²) in [5.74, 6) is 0.145. The summed E-state index contributed by atoms with van der Waals surface area (Å²) in [6.45, 7) is 3.90. The zero-order valence-electron chi connectivity index (χ0n) is 13.9. The van der Waals surface area contributed by atoms with Gasteiger partial charge in [-0.25, -0.2) is 9.37 Å². The molecule has 0 saturated heterocycles. The molecule has 0 spiro atoms. The van der Waals surface area contributed by atoms with Gasteiger partial charge in [0.2, 0.25) is 0 Å². The van der Waals surface area contributed by atoms with Gasteiger partial charge < -0.3 is 14.5 Å². The average Bonchev–Trinajstić information content (AvgIpc) is 3.12. The second-order valence-electron chi connectivity index (χ2n) is 5.33. The van der Waals surface area contributed by atoms with Crippen molar-refractivity contribution in [2.45, 2.75) is 13.8 Å². The molecule has 1 amide bonds. The highest BCUT2D eigenvalue weighted by atomic mass is 19.1. The number of anilines is 1. The minimum atomic E-state index is -0.429. The van der Waals surface area contributed by atoms with Gasteiger partial charge in [0.25, 0.3) is 5.91 Å². The number of rotatable bonds is 5. The molecule has 3 rings (SSSR count). The van der Waals surface area contributed by atoms with Crippen molar-refractivity contribution in [1.29, 1.82) is 0 Å². The zero-order valence-corrected chi connectivity index (χ0v) is 13.9. The smallest absolute Gasteiger partial charge is 0.257 e. The zero-order chi connectivity index (χ0) is 17.8. The Labute approximate surface area is 144 Å². The van der Waals surface area contributed by atoms with Gasteiger partial charge >= 0.3 is 0 Å². The molecule has 25 heavy (non-hydrogen) atoms. The fourth-order valence-electron chi connectivity index (χ4n) is 2.43. The maximum atomic E-state index is 13.4. The van der Waals surface area contributed by atoms with Gasteiger partial charge in [0, 0.05) is 6.07 Å². The Morgan fingerprint density at radius 2 is 2.12 bits per heavy atom. The molecule has 6 heteroatoms. The van der Waals surface area contributed by atoms with Crippen LogP contribution in [0.4, 0.5) is 10.1 Å². The van der Waals surface area contributed by atoms with E-state index < -0.39 is 5.82 Å². The number of benzene rings is 1. The maximum Gasteiger partial charge on any atom is 0.257 e. The molecule has 0 saturated carbocycles. The Kier molecular flexibility index (Phi) is 4.79. The number of amides is 1. The number of carbonyl (C=O) groups excluding carboxylic acids is 1. The average molecular weight is 340 g/mol. The SMILES string of the molecule is CCOc1cc(F)ccc1NC(=O)c1ccc(-c2ccco2)nc1C. The Morgan fingerprint density at radius 1 is 1.28 bits per heavy atom. The van der Waals surface area contributed by atoms with Crippen molar-refractivity contribution in [3.63, 3.8) is 0 Å². The van der Waals surface area contributed by atoms with Crippen LogP contribution < -0.4 is 10.1 Å². The number of nitrogens with one attached hydrogen (secondary N) is 1. The molecule has 0 unspecified atom stereocenters. The molecule has 1 N–H and O–H groups in total. The number of hydrogen-bond acceptors (Lipinski definition) is 4. The molecule has 0 atom stereocenters. The summed E-state index contributed by atoms with van der Waals surface area (Å²) in [4.78, 5) is 17.0. The molecule has 1 aromatic carbocycles. The fourth-order valence-corrected chi connectivity index (χ4v) is 2.43. The third kappa shape index (κ3) is 3.68. The van der Waals surface area contributed by atoms with E-state index in [0.29, 0.717) is 35.0 Å². The molecule has 2 aromatic heterocycles. The van der Waals surface area contributed by atoms with Gasteiger partial charge in [-0.1, -0.05) is 0 Å². The second kappa shape index (κ2) is 7.17. The number of pyridine rings is 1. The second-order valence-corrected chi connectivity index (χ2v) is 5.33. The first-order valence-corrected chi connectivity index (χ1v) is 7.83. The number of aromatic nitrogens is 1. The molecule has 0 fully saturated rings. The van der Waals surface area contributed by atoms with E-state index in [1.807, 2.05) is 0 Å². The van der Waals surface area contributed by atoms with Crippen LogP contribution in [0.2, 0.25) is 0 Å². The van der Waals surface area contributed by atoms with Crippen molar-refractivity contribution in [3.8, 4) is 17.2 Å². The number of furan rings is 1. The Hall–Kier alpha value is -3.15. The molecular formula is C19H17FN2O3. The van der Waals surface area contributed by atoms with E-state index in [1.54, 1.807) is 44.4 Å². The number of aryl methyl sites for hydroxylation is 1. The predicted octanol–water partition coefficient (Wildman–Crippen LogP) is 4.44. The summed E-state index contributed by atoms with van der Waals surface area (Å²) in [7, 11) is 0. The van der Waals surface area contributed by atoms with E-state index in [1.165, 1.54) is 18.2 Å². The van der Waals surface area contributed by atoms with E-state index in [4.69, 9.17) is 9.15 Å². The van der Waals surface area contributed by atoms with Crippen LogP contribution in [-0.2, 0) is 0 Å². The monoisotopic (exact) mass is 340 g/mol. The van der Waals surface area contributed by atoms with Crippen molar-refractivity contribution in [3.05, 3.63) is 65.8 Å². The van der Waals surface area contributed by atoms with Gasteiger partial charge in [-0.15, -0.1) is 0 Å². The van der Waals surface area contributed by atoms with Gasteiger partial charge in [-0.05, 0) is 50.2 Å². The van der Waals surface area contributed by atoms with Gasteiger partial charge in [0.1, 0.15) is 17.3 Å². The van der Waals surface area contributed by atoms with Crippen LogP contribution >= 0.6 is 0 Å². The predicted molar refractivity (Wildman–Crippen MR) is 92.2 cm³/mol. The molecule has 0 aliphatic heterocycles. The van der Waals surface area contributed by atoms with Crippen molar-refractivity contribution in [2.24, 2.45) is 0 Å². The van der Waals surface area contributed by atoms with Crippen LogP contribution in [-0.4, -0.2) is 17.5 Å². The normalized spacial score (nSPS) is 10.5. The van der Waals surface area contributed by atoms with E-state index in [2.05, 4.69) is 10.3 Å². The Bertz CT molecular complexity index is 892. The summed E-state index contributed by atoms with van der Waals surface area (Å²) >= 11 is 0. The molecule has 0 bridgehead atoms. The highest BCUT2D eigenvalue weighted by Crippen LogP contribution is 2.26. The van der Waals surface area contributed by atoms with E-state index in [-0.39, 0.29) is 11.7 Å². The van der Waals surface area contributed by atoms with Crippen LogP contribution in [0.3, 0.4) is 0 Å². The molecule has 3 aromatic rings.